The second-order valence-electron chi connectivity index (χ2n) is 6.29. The molecule has 0 radical (unpaired) electrons. The molecule has 0 aromatic carbocycles. The number of pyridine rings is 2. The maximum Gasteiger partial charge on any atom is 2.00 e. The summed E-state index contributed by atoms with van der Waals surface area (Å²) in [5, 5.41) is 36.3. The Morgan fingerprint density at radius 1 is 0.636 bits per heavy atom. The topological polar surface area (TPSA) is 142 Å². The molecule has 2 aromatic heterocycles. The Bertz CT molecular complexity index is 1090. The maximum absolute atomic E-state index is 11.0. The van der Waals surface area contributed by atoms with Gasteiger partial charge in [-0.3, -0.25) is 0 Å². The molecule has 2 aliphatic carbocycles. The molecule has 0 unspecified atom stereocenters. The van der Waals surface area contributed by atoms with Crippen molar-refractivity contribution in [3.63, 3.8) is 0 Å². The molecule has 4 rings (SSSR count). The Morgan fingerprint density at radius 2 is 1.03 bits per heavy atom. The number of hydrogen-bond acceptors (Lipinski definition) is 6. The molecule has 4 N–H and O–H groups in total. The molecule has 0 saturated heterocycles. The number of aromatic nitrogens is 2. The van der Waals surface area contributed by atoms with E-state index >= 15 is 0 Å². The van der Waals surface area contributed by atoms with E-state index in [4.69, 9.17) is 10.2 Å². The molecule has 0 bridgehead atoms. The van der Waals surface area contributed by atoms with Crippen molar-refractivity contribution in [2.24, 2.45) is 9.98 Å². The predicted molar refractivity (Wildman–Crippen MR) is 121 cm³/mol. The number of rotatable bonds is 2. The van der Waals surface area contributed by atoms with Crippen molar-refractivity contribution in [3.05, 3.63) is 120 Å². The van der Waals surface area contributed by atoms with Crippen LogP contribution in [0, 0.1) is 0 Å². The number of hydrogen-bond donors (Lipinski definition) is 0. The zero-order chi connectivity index (χ0) is 22.8. The molecule has 8 nitrogen and oxygen atoms in total. The fourth-order valence-corrected chi connectivity index (χ4v) is 2.61. The number of allylic oxidation sites excluding steroid dienone is 10. The monoisotopic (exact) mass is 486 g/mol. The van der Waals surface area contributed by atoms with Crippen LogP contribution in [0.1, 0.15) is 0 Å². The summed E-state index contributed by atoms with van der Waals surface area (Å²) in [6.07, 6.45) is 16.8. The average Bonchev–Trinajstić information content (AvgIpc) is 2.81. The zero-order valence-corrected chi connectivity index (χ0v) is 18.1. The largest absolute Gasteiger partial charge is 2.00 e. The molecule has 0 spiro atoms. The van der Waals surface area contributed by atoms with Gasteiger partial charge in [0, 0.05) is 12.4 Å². The quantitative estimate of drug-likeness (QED) is 0.356. The van der Waals surface area contributed by atoms with Crippen LogP contribution in [0.5, 0.6) is 0 Å². The first-order valence-corrected chi connectivity index (χ1v) is 9.50. The Morgan fingerprint density at radius 3 is 1.36 bits per heavy atom. The van der Waals surface area contributed by atoms with Gasteiger partial charge in [0.1, 0.15) is 0 Å². The van der Waals surface area contributed by atoms with Gasteiger partial charge < -0.3 is 10.2 Å². The third-order valence-electron chi connectivity index (χ3n) is 4.07. The van der Waals surface area contributed by atoms with E-state index in [0.29, 0.717) is 23.1 Å². The summed E-state index contributed by atoms with van der Waals surface area (Å²) in [7, 11) is 0. The third-order valence-corrected chi connectivity index (χ3v) is 4.07. The first-order valence-electron chi connectivity index (χ1n) is 9.50. The van der Waals surface area contributed by atoms with Gasteiger partial charge in [0.05, 0.1) is 22.6 Å². The summed E-state index contributed by atoms with van der Waals surface area (Å²) in [5.41, 5.74) is 1.52. The summed E-state index contributed by atoms with van der Waals surface area (Å²) in [4.78, 5) is 16.5. The van der Waals surface area contributed by atoms with Crippen LogP contribution in [-0.4, -0.2) is 31.6 Å². The van der Waals surface area contributed by atoms with E-state index in [0.717, 1.165) is 0 Å². The Hall–Kier alpha value is -4.23. The first-order chi connectivity index (χ1) is 15.5. The average molecular weight is 487 g/mol. The summed E-state index contributed by atoms with van der Waals surface area (Å²) < 4.78 is 0. The Balaban J connectivity index is 0.000000227. The van der Waals surface area contributed by atoms with Gasteiger partial charge in [-0.15, -0.1) is 0 Å². The summed E-state index contributed by atoms with van der Waals surface area (Å²) in [5.74, 6) is -0.432. The Kier molecular flexibility index (Phi) is 9.55. The fraction of sp³-hybridized carbons (Fsp3) is 0. The molecule has 0 amide bonds. The van der Waals surface area contributed by atoms with E-state index < -0.39 is 11.9 Å². The van der Waals surface area contributed by atoms with Crippen molar-refractivity contribution < 1.29 is 36.9 Å². The minimum atomic E-state index is -0.740. The standard InChI is InChI=1S/2C12H10N2O2.Ni/c2*15-12(16)9-5-1-2-6-10(9)14-11-7-3-4-8-13-11;/h2*1-8,15-16H;/q;;+2/b2*14-10-;. The number of nitrogens with zero attached hydrogens (tertiary/aromatic N) is 4. The van der Waals surface area contributed by atoms with E-state index in [9.17, 15) is 10.2 Å². The molecule has 2 aliphatic rings. The van der Waals surface area contributed by atoms with Gasteiger partial charge in [-0.1, -0.05) is 36.4 Å². The van der Waals surface area contributed by atoms with Crippen LogP contribution >= 0.6 is 0 Å². The summed E-state index contributed by atoms with van der Waals surface area (Å²) >= 11 is 0. The van der Waals surface area contributed by atoms with E-state index in [1.165, 1.54) is 0 Å². The van der Waals surface area contributed by atoms with Gasteiger partial charge in [-0.05, 0) is 48.6 Å². The van der Waals surface area contributed by atoms with Gasteiger partial charge in [-0.25, -0.2) is 30.2 Å². The van der Waals surface area contributed by atoms with Gasteiger partial charge in [0.2, 0.25) is 0 Å². The second kappa shape index (κ2) is 12.6. The smallest absolute Gasteiger partial charge is 0.615 e. The minimum Gasteiger partial charge on any atom is -0.615 e. The maximum atomic E-state index is 11.0. The van der Waals surface area contributed by atoms with Crippen molar-refractivity contribution in [1.82, 2.24) is 9.97 Å². The molecule has 2 heterocycles. The summed E-state index contributed by atoms with van der Waals surface area (Å²) in [6.45, 7) is 0. The second-order valence-corrected chi connectivity index (χ2v) is 6.29. The van der Waals surface area contributed by atoms with E-state index in [-0.39, 0.29) is 27.6 Å². The SMILES string of the molecule is [Ni+2].[O-]/C([OH2+])=C1\C=CC=C\C1=N\c1ccccn1.[O-]/C([OH2+])=C1\C=CC=C\C1=N\c1ccccn1. The van der Waals surface area contributed by atoms with Gasteiger partial charge >= 0.3 is 28.4 Å². The van der Waals surface area contributed by atoms with Crippen LogP contribution in [0.3, 0.4) is 0 Å². The zero-order valence-electron chi connectivity index (χ0n) is 17.2. The fourth-order valence-electron chi connectivity index (χ4n) is 2.61. The minimum absolute atomic E-state index is 0. The van der Waals surface area contributed by atoms with E-state index in [1.807, 2.05) is 12.1 Å². The van der Waals surface area contributed by atoms with Gasteiger partial charge in [0.25, 0.3) is 0 Å². The van der Waals surface area contributed by atoms with Crippen molar-refractivity contribution in [2.45, 2.75) is 0 Å². The molecule has 2 aromatic rings. The molecule has 0 atom stereocenters. The van der Waals surface area contributed by atoms with Gasteiger partial charge in [-0.2, -0.15) is 0 Å². The van der Waals surface area contributed by atoms with Crippen LogP contribution in [0.15, 0.2) is 130 Å². The molecule has 0 saturated carbocycles. The van der Waals surface area contributed by atoms with Crippen LogP contribution in [0.2, 0.25) is 0 Å². The Labute approximate surface area is 200 Å². The molecule has 33 heavy (non-hydrogen) atoms. The van der Waals surface area contributed by atoms with Crippen LogP contribution in [0.25, 0.3) is 0 Å². The molecular formula is C24H20N4NiO4+2. The van der Waals surface area contributed by atoms with Crippen LogP contribution in [0.4, 0.5) is 11.6 Å². The van der Waals surface area contributed by atoms with Crippen molar-refractivity contribution >= 4 is 23.1 Å². The summed E-state index contributed by atoms with van der Waals surface area (Å²) in [6, 6.07) is 10.7. The predicted octanol–water partition coefficient (Wildman–Crippen LogP) is 1.15. The van der Waals surface area contributed by atoms with Crippen molar-refractivity contribution in [1.29, 1.82) is 0 Å². The molecule has 168 valence electrons. The molecule has 9 heteroatoms. The van der Waals surface area contributed by atoms with Crippen molar-refractivity contribution in [2.75, 3.05) is 0 Å². The molecule has 0 fully saturated rings. The third kappa shape index (κ3) is 7.45. The van der Waals surface area contributed by atoms with E-state index in [1.54, 1.807) is 85.3 Å². The van der Waals surface area contributed by atoms with Crippen LogP contribution < -0.4 is 10.2 Å². The van der Waals surface area contributed by atoms with E-state index in [2.05, 4.69) is 20.0 Å². The molecule has 0 aliphatic heterocycles. The normalized spacial score (nSPS) is 19.5. The molecular weight excluding hydrogens is 467 g/mol. The van der Waals surface area contributed by atoms with Gasteiger partial charge in [0.15, 0.2) is 11.6 Å². The van der Waals surface area contributed by atoms with Crippen molar-refractivity contribution in [3.8, 4) is 0 Å². The number of aliphatic imine (C=N–C) groups is 2. The van der Waals surface area contributed by atoms with Crippen LogP contribution in [-0.2, 0) is 16.5 Å². The first kappa shape index (κ1) is 25.0.